The summed E-state index contributed by atoms with van der Waals surface area (Å²) in [4.78, 5) is 32.1. The van der Waals surface area contributed by atoms with E-state index in [1.165, 1.54) is 24.2 Å². The highest BCUT2D eigenvalue weighted by atomic mass is 32.2. The fourth-order valence-corrected chi connectivity index (χ4v) is 2.70. The van der Waals surface area contributed by atoms with E-state index < -0.39 is 7.12 Å². The highest BCUT2D eigenvalue weighted by Gasteiger charge is 2.33. The quantitative estimate of drug-likeness (QED) is 0.652. The minimum atomic E-state index is -1.63. The largest absolute Gasteiger partial charge is 0.491 e. The van der Waals surface area contributed by atoms with Crippen LogP contribution in [0.25, 0.3) is 0 Å². The van der Waals surface area contributed by atoms with Gasteiger partial charge in [0, 0.05) is 43.0 Å². The first-order valence-electron chi connectivity index (χ1n) is 5.63. The molecule has 0 bridgehead atoms. The number of hydrogen-bond donors (Lipinski definition) is 2. The summed E-state index contributed by atoms with van der Waals surface area (Å²) in [5.74, 6) is 0.0668. The van der Waals surface area contributed by atoms with E-state index in [0.717, 1.165) is 11.8 Å². The first kappa shape index (κ1) is 14.0. The molecule has 1 unspecified atom stereocenters. The molecular formula is C10H12BN3O4S. The topological polar surface area (TPSA) is 104 Å². The van der Waals surface area contributed by atoms with Crippen molar-refractivity contribution in [3.05, 3.63) is 12.4 Å². The lowest BCUT2D eigenvalue weighted by atomic mass is 9.83. The number of rotatable bonds is 3. The van der Waals surface area contributed by atoms with Crippen molar-refractivity contribution in [2.24, 2.45) is 0 Å². The van der Waals surface area contributed by atoms with Crippen molar-refractivity contribution in [3.63, 3.8) is 0 Å². The molecule has 1 fully saturated rings. The van der Waals surface area contributed by atoms with E-state index in [2.05, 4.69) is 9.97 Å². The van der Waals surface area contributed by atoms with Gasteiger partial charge >= 0.3 is 7.12 Å². The van der Waals surface area contributed by atoms with Gasteiger partial charge in [0.25, 0.3) is 0 Å². The number of aromatic nitrogens is 2. The third-order valence-electron chi connectivity index (χ3n) is 2.62. The molecule has 0 radical (unpaired) electrons. The number of anilines is 1. The Morgan fingerprint density at radius 3 is 2.63 bits per heavy atom. The first-order valence-corrected chi connectivity index (χ1v) is 6.51. The van der Waals surface area contributed by atoms with Gasteiger partial charge in [0.2, 0.25) is 11.9 Å². The van der Waals surface area contributed by atoms with Gasteiger partial charge in [0.05, 0.1) is 0 Å². The number of nitrogens with zero attached hydrogens (tertiary/aromatic N) is 3. The van der Waals surface area contributed by atoms with Gasteiger partial charge in [0.1, 0.15) is 0 Å². The van der Waals surface area contributed by atoms with Gasteiger partial charge in [-0.2, -0.15) is 0 Å². The molecule has 7 nitrogen and oxygen atoms in total. The van der Waals surface area contributed by atoms with Crippen LogP contribution < -0.4 is 10.4 Å². The zero-order valence-corrected chi connectivity index (χ0v) is 11.0. The van der Waals surface area contributed by atoms with E-state index in [-0.39, 0.29) is 34.1 Å². The van der Waals surface area contributed by atoms with Crippen LogP contribution in [-0.4, -0.2) is 50.0 Å². The lowest BCUT2D eigenvalue weighted by Crippen LogP contribution is -2.33. The molecule has 0 saturated carbocycles. The Kier molecular flexibility index (Phi) is 4.18. The summed E-state index contributed by atoms with van der Waals surface area (Å²) in [6.07, 6.45) is 2.79. The molecule has 0 spiro atoms. The summed E-state index contributed by atoms with van der Waals surface area (Å²) in [5.41, 5.74) is 0.157. The molecule has 19 heavy (non-hydrogen) atoms. The second-order valence-electron chi connectivity index (χ2n) is 4.13. The Hall–Kier alpha value is -1.45. The molecular weight excluding hydrogens is 269 g/mol. The predicted octanol–water partition coefficient (Wildman–Crippen LogP) is -1.46. The molecule has 1 atom stereocenters. The smallest absolute Gasteiger partial charge is 0.423 e. The molecule has 1 aromatic heterocycles. The highest BCUT2D eigenvalue weighted by molar-refractivity contribution is 8.14. The van der Waals surface area contributed by atoms with Gasteiger partial charge in [-0.3, -0.25) is 14.5 Å². The summed E-state index contributed by atoms with van der Waals surface area (Å²) in [6, 6.07) is 0. The van der Waals surface area contributed by atoms with E-state index in [1.807, 2.05) is 0 Å². The van der Waals surface area contributed by atoms with E-state index in [4.69, 9.17) is 10.0 Å². The van der Waals surface area contributed by atoms with Crippen LogP contribution in [0.2, 0.25) is 0 Å². The lowest BCUT2D eigenvalue weighted by Gasteiger charge is -2.13. The molecule has 2 heterocycles. The van der Waals surface area contributed by atoms with Crippen LogP contribution in [0.3, 0.4) is 0 Å². The minimum Gasteiger partial charge on any atom is -0.423 e. The van der Waals surface area contributed by atoms with Crippen molar-refractivity contribution in [1.82, 2.24) is 9.97 Å². The highest BCUT2D eigenvalue weighted by Crippen LogP contribution is 2.26. The second kappa shape index (κ2) is 5.68. The summed E-state index contributed by atoms with van der Waals surface area (Å²) in [7, 11) is -1.63. The molecule has 2 rings (SSSR count). The van der Waals surface area contributed by atoms with Crippen LogP contribution in [0.5, 0.6) is 0 Å². The van der Waals surface area contributed by atoms with Crippen molar-refractivity contribution >= 4 is 41.3 Å². The molecule has 1 amide bonds. The van der Waals surface area contributed by atoms with Crippen LogP contribution in [0.4, 0.5) is 5.95 Å². The number of carbonyl (C=O) groups is 2. The van der Waals surface area contributed by atoms with Gasteiger partial charge in [-0.15, -0.1) is 0 Å². The maximum Gasteiger partial charge on any atom is 0.491 e. The SMILES string of the molecule is CC(=O)SC1CC(=O)N(c2ncc(B(O)O)cn2)C1. The third-order valence-corrected chi connectivity index (χ3v) is 3.60. The monoisotopic (exact) mass is 281 g/mol. The molecule has 0 aliphatic carbocycles. The summed E-state index contributed by atoms with van der Waals surface area (Å²) < 4.78 is 0. The van der Waals surface area contributed by atoms with Gasteiger partial charge in [-0.05, 0) is 0 Å². The van der Waals surface area contributed by atoms with Crippen LogP contribution in [0, 0.1) is 0 Å². The van der Waals surface area contributed by atoms with E-state index in [0.29, 0.717) is 6.54 Å². The Labute approximate surface area is 114 Å². The average Bonchev–Trinajstić information content (AvgIpc) is 2.69. The fourth-order valence-electron chi connectivity index (χ4n) is 1.79. The minimum absolute atomic E-state index is 0.0284. The molecule has 100 valence electrons. The molecule has 2 N–H and O–H groups in total. The molecule has 1 saturated heterocycles. The second-order valence-corrected chi connectivity index (χ2v) is 5.61. The number of hydrogen-bond acceptors (Lipinski definition) is 7. The van der Waals surface area contributed by atoms with E-state index in [1.54, 1.807) is 0 Å². The molecule has 1 aliphatic rings. The van der Waals surface area contributed by atoms with Crippen LogP contribution in [-0.2, 0) is 9.59 Å². The molecule has 9 heteroatoms. The van der Waals surface area contributed by atoms with Crippen molar-refractivity contribution < 1.29 is 19.6 Å². The average molecular weight is 281 g/mol. The lowest BCUT2D eigenvalue weighted by molar-refractivity contribution is -0.117. The predicted molar refractivity (Wildman–Crippen MR) is 70.9 cm³/mol. The summed E-state index contributed by atoms with van der Waals surface area (Å²) >= 11 is 1.14. The van der Waals surface area contributed by atoms with Crippen molar-refractivity contribution in [2.45, 2.75) is 18.6 Å². The van der Waals surface area contributed by atoms with E-state index >= 15 is 0 Å². The summed E-state index contributed by atoms with van der Waals surface area (Å²) in [6.45, 7) is 1.84. The number of amides is 1. The maximum atomic E-state index is 11.8. The van der Waals surface area contributed by atoms with Crippen molar-refractivity contribution in [2.75, 3.05) is 11.4 Å². The normalized spacial score (nSPS) is 18.8. The van der Waals surface area contributed by atoms with Crippen molar-refractivity contribution in [3.8, 4) is 0 Å². The fraction of sp³-hybridized carbons (Fsp3) is 0.400. The number of carbonyl (C=O) groups excluding carboxylic acids is 2. The van der Waals surface area contributed by atoms with Crippen LogP contribution in [0.15, 0.2) is 12.4 Å². The third kappa shape index (κ3) is 3.31. The Morgan fingerprint density at radius 1 is 1.47 bits per heavy atom. The Balaban J connectivity index is 2.09. The Bertz CT molecular complexity index is 496. The first-order chi connectivity index (χ1) is 8.97. The van der Waals surface area contributed by atoms with Gasteiger partial charge in [-0.1, -0.05) is 11.8 Å². The number of thioether (sulfide) groups is 1. The zero-order chi connectivity index (χ0) is 14.0. The van der Waals surface area contributed by atoms with Crippen molar-refractivity contribution in [1.29, 1.82) is 0 Å². The molecule has 0 aromatic carbocycles. The standard InChI is InChI=1S/C10H12BN3O4S/c1-6(15)19-8-2-9(16)14(5-8)10-12-3-7(4-13-10)11(17)18/h3-4,8,17-18H,2,5H2,1H3. The van der Waals surface area contributed by atoms with Gasteiger partial charge < -0.3 is 10.0 Å². The summed E-state index contributed by atoms with van der Waals surface area (Å²) in [5, 5.41) is 17.7. The Morgan fingerprint density at radius 2 is 2.11 bits per heavy atom. The molecule has 1 aromatic rings. The van der Waals surface area contributed by atoms with E-state index in [9.17, 15) is 9.59 Å². The molecule has 1 aliphatic heterocycles. The van der Waals surface area contributed by atoms with Gasteiger partial charge in [-0.25, -0.2) is 9.97 Å². The zero-order valence-electron chi connectivity index (χ0n) is 10.2. The maximum absolute atomic E-state index is 11.8. The van der Waals surface area contributed by atoms with Crippen LogP contribution in [0.1, 0.15) is 13.3 Å². The van der Waals surface area contributed by atoms with Gasteiger partial charge in [0.15, 0.2) is 5.12 Å². The van der Waals surface area contributed by atoms with Crippen LogP contribution >= 0.6 is 11.8 Å².